The van der Waals surface area contributed by atoms with Crippen LogP contribution >= 0.6 is 0 Å². The highest BCUT2D eigenvalue weighted by Gasteiger charge is 2.12. The highest BCUT2D eigenvalue weighted by Crippen LogP contribution is 2.14. The number of rotatable bonds is 10. The molecule has 1 heterocycles. The number of unbranched alkanes of at least 4 members (excludes halogenated alkanes) is 5. The summed E-state index contributed by atoms with van der Waals surface area (Å²) < 4.78 is 5.22. The Kier molecular flexibility index (Phi) is 7.65. The van der Waals surface area contributed by atoms with Crippen LogP contribution in [0.1, 0.15) is 83.0 Å². The minimum absolute atomic E-state index is 0.0722. The minimum atomic E-state index is -0.0722. The van der Waals surface area contributed by atoms with Gasteiger partial charge in [-0.05, 0) is 12.8 Å². The zero-order valence-corrected chi connectivity index (χ0v) is 11.8. The van der Waals surface area contributed by atoms with Gasteiger partial charge in [0.1, 0.15) is 0 Å². The second-order valence-corrected chi connectivity index (χ2v) is 4.96. The van der Waals surface area contributed by atoms with Crippen molar-refractivity contribution in [3.63, 3.8) is 0 Å². The molecular weight excluding hydrogens is 226 g/mol. The van der Waals surface area contributed by atoms with Gasteiger partial charge in [-0.25, -0.2) is 0 Å². The van der Waals surface area contributed by atoms with Gasteiger partial charge in [-0.1, -0.05) is 57.5 Å². The highest BCUT2D eigenvalue weighted by atomic mass is 16.5. The van der Waals surface area contributed by atoms with Crippen molar-refractivity contribution >= 4 is 0 Å². The van der Waals surface area contributed by atoms with Crippen molar-refractivity contribution in [3.8, 4) is 0 Å². The molecule has 1 unspecified atom stereocenters. The molecule has 2 N–H and O–H groups in total. The fourth-order valence-corrected chi connectivity index (χ4v) is 2.02. The normalized spacial score (nSPS) is 12.8. The standard InChI is InChI=1S/C14H27N3O/c1-3-5-6-7-8-9-11-13-16-14(17-18-13)12(15)10-4-2/h12H,3-11,15H2,1-2H3. The summed E-state index contributed by atoms with van der Waals surface area (Å²) in [7, 11) is 0. The SMILES string of the molecule is CCCCCCCCc1nc(C(N)CCC)no1. The quantitative estimate of drug-likeness (QED) is 0.645. The molecule has 1 rings (SSSR count). The van der Waals surface area contributed by atoms with E-state index < -0.39 is 0 Å². The van der Waals surface area contributed by atoms with Crippen LogP contribution in [0.15, 0.2) is 4.52 Å². The molecule has 18 heavy (non-hydrogen) atoms. The molecule has 1 aromatic heterocycles. The Morgan fingerprint density at radius 3 is 2.50 bits per heavy atom. The average molecular weight is 253 g/mol. The fraction of sp³-hybridized carbons (Fsp3) is 0.857. The van der Waals surface area contributed by atoms with E-state index in [0.717, 1.165) is 31.6 Å². The number of aromatic nitrogens is 2. The van der Waals surface area contributed by atoms with Crippen molar-refractivity contribution in [2.75, 3.05) is 0 Å². The molecule has 4 nitrogen and oxygen atoms in total. The van der Waals surface area contributed by atoms with Crippen molar-refractivity contribution in [3.05, 3.63) is 11.7 Å². The largest absolute Gasteiger partial charge is 0.339 e. The minimum Gasteiger partial charge on any atom is -0.339 e. The number of hydrogen-bond acceptors (Lipinski definition) is 4. The van der Waals surface area contributed by atoms with Crippen molar-refractivity contribution < 1.29 is 4.52 Å². The molecule has 1 atom stereocenters. The summed E-state index contributed by atoms with van der Waals surface area (Å²) in [6.07, 6.45) is 10.5. The van der Waals surface area contributed by atoms with E-state index in [4.69, 9.17) is 10.3 Å². The molecule has 0 saturated carbocycles. The van der Waals surface area contributed by atoms with Crippen molar-refractivity contribution in [1.29, 1.82) is 0 Å². The van der Waals surface area contributed by atoms with Crippen LogP contribution in [-0.2, 0) is 6.42 Å². The molecule has 0 fully saturated rings. The van der Waals surface area contributed by atoms with E-state index in [2.05, 4.69) is 24.0 Å². The third kappa shape index (κ3) is 5.63. The van der Waals surface area contributed by atoms with Gasteiger partial charge in [0.15, 0.2) is 5.82 Å². The Hall–Kier alpha value is -0.900. The summed E-state index contributed by atoms with van der Waals surface area (Å²) in [6.45, 7) is 4.34. The van der Waals surface area contributed by atoms with Gasteiger partial charge in [0, 0.05) is 6.42 Å². The molecule has 0 aliphatic carbocycles. The third-order valence-electron chi connectivity index (χ3n) is 3.16. The lowest BCUT2D eigenvalue weighted by Crippen LogP contribution is -2.11. The highest BCUT2D eigenvalue weighted by molar-refractivity contribution is 4.92. The van der Waals surface area contributed by atoms with Gasteiger partial charge in [0.25, 0.3) is 0 Å². The predicted molar refractivity (Wildman–Crippen MR) is 73.2 cm³/mol. The van der Waals surface area contributed by atoms with E-state index >= 15 is 0 Å². The topological polar surface area (TPSA) is 64.9 Å². The molecule has 0 amide bonds. The Balaban J connectivity index is 2.19. The zero-order valence-electron chi connectivity index (χ0n) is 11.8. The van der Waals surface area contributed by atoms with Crippen LogP contribution in [0, 0.1) is 0 Å². The summed E-state index contributed by atoms with van der Waals surface area (Å²) in [5, 5.41) is 3.95. The van der Waals surface area contributed by atoms with Gasteiger partial charge in [-0.3, -0.25) is 0 Å². The predicted octanol–water partition coefficient (Wildman–Crippen LogP) is 3.77. The van der Waals surface area contributed by atoms with Crippen LogP contribution in [0.2, 0.25) is 0 Å². The van der Waals surface area contributed by atoms with Gasteiger partial charge in [0.05, 0.1) is 6.04 Å². The third-order valence-corrected chi connectivity index (χ3v) is 3.16. The summed E-state index contributed by atoms with van der Waals surface area (Å²) in [5.41, 5.74) is 5.94. The molecule has 104 valence electrons. The lowest BCUT2D eigenvalue weighted by atomic mass is 10.1. The van der Waals surface area contributed by atoms with Crippen LogP contribution in [0.5, 0.6) is 0 Å². The number of hydrogen-bond donors (Lipinski definition) is 1. The number of nitrogens with two attached hydrogens (primary N) is 1. The Morgan fingerprint density at radius 2 is 1.78 bits per heavy atom. The molecule has 0 bridgehead atoms. The maximum Gasteiger partial charge on any atom is 0.226 e. The van der Waals surface area contributed by atoms with Crippen LogP contribution in [0.4, 0.5) is 0 Å². The van der Waals surface area contributed by atoms with Crippen LogP contribution in [-0.4, -0.2) is 10.1 Å². The Labute approximate surface area is 110 Å². The van der Waals surface area contributed by atoms with E-state index in [9.17, 15) is 0 Å². The molecule has 0 aliphatic rings. The van der Waals surface area contributed by atoms with Crippen molar-refractivity contribution in [2.24, 2.45) is 5.73 Å². The van der Waals surface area contributed by atoms with Gasteiger partial charge in [0.2, 0.25) is 5.89 Å². The fourth-order valence-electron chi connectivity index (χ4n) is 2.02. The van der Waals surface area contributed by atoms with Gasteiger partial charge in [-0.15, -0.1) is 0 Å². The first-order chi connectivity index (χ1) is 8.77. The zero-order chi connectivity index (χ0) is 13.2. The van der Waals surface area contributed by atoms with E-state index in [1.807, 2.05) is 0 Å². The summed E-state index contributed by atoms with van der Waals surface area (Å²) in [6, 6.07) is -0.0722. The first-order valence-corrected chi connectivity index (χ1v) is 7.36. The average Bonchev–Trinajstić information content (AvgIpc) is 2.83. The Bertz CT molecular complexity index is 312. The molecule has 0 spiro atoms. The van der Waals surface area contributed by atoms with Crippen LogP contribution < -0.4 is 5.73 Å². The van der Waals surface area contributed by atoms with E-state index in [1.165, 1.54) is 32.1 Å². The first kappa shape index (κ1) is 15.2. The maximum absolute atomic E-state index is 5.94. The molecule has 1 aromatic rings. The number of nitrogens with zero attached hydrogens (tertiary/aromatic N) is 2. The first-order valence-electron chi connectivity index (χ1n) is 7.36. The molecular formula is C14H27N3O. The summed E-state index contributed by atoms with van der Waals surface area (Å²) in [4.78, 5) is 4.36. The van der Waals surface area contributed by atoms with E-state index in [1.54, 1.807) is 0 Å². The summed E-state index contributed by atoms with van der Waals surface area (Å²) >= 11 is 0. The van der Waals surface area contributed by atoms with Crippen LogP contribution in [0.25, 0.3) is 0 Å². The maximum atomic E-state index is 5.94. The molecule has 0 aromatic carbocycles. The van der Waals surface area contributed by atoms with Gasteiger partial charge < -0.3 is 10.3 Å². The smallest absolute Gasteiger partial charge is 0.226 e. The monoisotopic (exact) mass is 253 g/mol. The lowest BCUT2D eigenvalue weighted by Gasteiger charge is -2.02. The molecule has 0 radical (unpaired) electrons. The Morgan fingerprint density at radius 1 is 1.06 bits per heavy atom. The van der Waals surface area contributed by atoms with Crippen LogP contribution in [0.3, 0.4) is 0 Å². The van der Waals surface area contributed by atoms with E-state index in [-0.39, 0.29) is 6.04 Å². The van der Waals surface area contributed by atoms with E-state index in [0.29, 0.717) is 5.82 Å². The van der Waals surface area contributed by atoms with Gasteiger partial charge >= 0.3 is 0 Å². The van der Waals surface area contributed by atoms with Gasteiger partial charge in [-0.2, -0.15) is 4.98 Å². The second kappa shape index (κ2) is 9.09. The van der Waals surface area contributed by atoms with Crippen molar-refractivity contribution in [1.82, 2.24) is 10.1 Å². The van der Waals surface area contributed by atoms with Crippen molar-refractivity contribution in [2.45, 2.75) is 77.7 Å². The lowest BCUT2D eigenvalue weighted by molar-refractivity contribution is 0.364. The number of aryl methyl sites for hydroxylation is 1. The molecule has 0 saturated heterocycles. The molecule has 0 aliphatic heterocycles. The molecule has 4 heteroatoms. The summed E-state index contributed by atoms with van der Waals surface area (Å²) in [5.74, 6) is 1.41. The second-order valence-electron chi connectivity index (χ2n) is 4.96.